The van der Waals surface area contributed by atoms with Crippen molar-refractivity contribution in [1.82, 2.24) is 0 Å². The van der Waals surface area contributed by atoms with Crippen LogP contribution in [0.2, 0.25) is 0 Å². The van der Waals surface area contributed by atoms with Gasteiger partial charge in [-0.3, -0.25) is 0 Å². The van der Waals surface area contributed by atoms with Crippen molar-refractivity contribution in [1.29, 1.82) is 0 Å². The first-order chi connectivity index (χ1) is 35.0. The molecule has 0 aliphatic heterocycles. The van der Waals surface area contributed by atoms with Crippen LogP contribution in [0.3, 0.4) is 0 Å². The molecule has 0 saturated carbocycles. The summed E-state index contributed by atoms with van der Waals surface area (Å²) in [6.07, 6.45) is 58.9. The summed E-state index contributed by atoms with van der Waals surface area (Å²) in [5, 5.41) is 67.6. The third-order valence-corrected chi connectivity index (χ3v) is 13.2. The Morgan fingerprint density at radius 3 is 0.500 bits per heavy atom. The van der Waals surface area contributed by atoms with Crippen LogP contribution in [-0.2, 0) is 4.79 Å². The molecule has 0 aliphatic rings. The minimum Gasteiger partial charge on any atom is -0.394 e. The molecule has 4 atom stereocenters. The highest BCUT2D eigenvalue weighted by Gasteiger charge is 2.29. The molecule has 0 amide bonds. The summed E-state index contributed by atoms with van der Waals surface area (Å²) in [7, 11) is 0. The predicted octanol–water partition coefficient (Wildman–Crippen LogP) is 17.0. The molecule has 0 aromatic heterocycles. The van der Waals surface area contributed by atoms with Gasteiger partial charge in [0.1, 0.15) is 30.5 Å². The van der Waals surface area contributed by atoms with E-state index in [-0.39, 0.29) is 19.5 Å². The molecule has 0 saturated heterocycles. The van der Waals surface area contributed by atoms with Crippen molar-refractivity contribution in [2.75, 3.05) is 19.8 Å². The van der Waals surface area contributed by atoms with Crippen LogP contribution < -0.4 is 0 Å². The van der Waals surface area contributed by atoms with Gasteiger partial charge in [-0.05, 0) is 0 Å². The maximum Gasteiger partial charge on any atom is 0.151 e. The Hall–Kier alpha value is -0.650. The molecule has 9 nitrogen and oxygen atoms in total. The summed E-state index contributed by atoms with van der Waals surface area (Å²) < 4.78 is 0. The van der Waals surface area contributed by atoms with E-state index in [1.807, 2.05) is 0 Å². The maximum absolute atomic E-state index is 9.90. The third kappa shape index (κ3) is 86.1. The molecule has 0 aromatic carbocycles. The van der Waals surface area contributed by atoms with Crippen molar-refractivity contribution in [3.8, 4) is 0 Å². The molecule has 0 rings (SSSR count). The van der Waals surface area contributed by atoms with Gasteiger partial charge in [-0.2, -0.15) is 0 Å². The van der Waals surface area contributed by atoms with Gasteiger partial charge in [0, 0.05) is 0 Å². The monoisotopic (exact) mass is 1040 g/mol. The van der Waals surface area contributed by atoms with Gasteiger partial charge in [-0.1, -0.05) is 351 Å². The van der Waals surface area contributed by atoms with Crippen molar-refractivity contribution in [3.05, 3.63) is 0 Å². The van der Waals surface area contributed by atoms with Gasteiger partial charge in [0.2, 0.25) is 0 Å². The first-order valence-corrected chi connectivity index (χ1v) is 31.7. The highest BCUT2D eigenvalue weighted by molar-refractivity contribution is 5.56. The first-order valence-electron chi connectivity index (χ1n) is 31.7. The lowest BCUT2D eigenvalue weighted by Gasteiger charge is -2.22. The van der Waals surface area contributed by atoms with E-state index in [1.54, 1.807) is 0 Å². The Morgan fingerprint density at radius 2 is 0.403 bits per heavy atom. The van der Waals surface area contributed by atoms with Crippen LogP contribution in [0.1, 0.15) is 351 Å². The highest BCUT2D eigenvalue weighted by Crippen LogP contribution is 2.15. The molecule has 0 unspecified atom stereocenters. The van der Waals surface area contributed by atoms with Gasteiger partial charge in [0.15, 0.2) is 6.29 Å². The van der Waals surface area contributed by atoms with Crippen LogP contribution in [0.5, 0.6) is 0 Å². The van der Waals surface area contributed by atoms with E-state index < -0.39 is 37.1 Å². The van der Waals surface area contributed by atoms with Crippen molar-refractivity contribution in [2.24, 2.45) is 0 Å². The number of aliphatic hydroxyl groups is 8. The van der Waals surface area contributed by atoms with Gasteiger partial charge in [-0.25, -0.2) is 0 Å². The lowest BCUT2D eigenvalue weighted by Crippen LogP contribution is -2.46. The number of rotatable bonds is 49. The molecule has 0 fully saturated rings. The van der Waals surface area contributed by atoms with Gasteiger partial charge in [0.05, 0.1) is 19.8 Å². The number of aliphatic hydroxyl groups excluding tert-OH is 8. The van der Waals surface area contributed by atoms with Crippen LogP contribution in [-0.4, -0.2) is 97.5 Å². The Kier molecular flexibility index (Phi) is 93.8. The Bertz CT molecular complexity index is 802. The number of unbranched alkanes of at least 4 members (excludes halogenated alkanes) is 42. The Balaban J connectivity index is -0.000000184. The standard InChI is InChI=1S/C15H32.C14H30.C13H28.C12H26.C6H12O6.C3H8O3/c1-3-5-7-9-11-13-15-14-12-10-8-6-4-2;1-3-5-7-9-11-13-14-12-10-8-6-4-2;1-3-5-7-9-11-13-12-10-8-6-4-2;1-3-5-7-9-11-12-10-8-6-4-2;7-1-3(9)5(11)6(12)4(10)2-8;4-1-3(6)2-5/h3-15H2,1-2H3;3-14H2,1-2H3;3-13H2,1-2H3;3-12H2,1-2H3;1,3-6,8-12H,2H2;3-6H,1-2H2/t;;;;3-,4+,5+,6+;/m....0./s1. The number of carbonyl (C=O) groups is 1. The van der Waals surface area contributed by atoms with E-state index in [1.165, 1.54) is 295 Å². The first kappa shape index (κ1) is 82.7. The summed E-state index contributed by atoms with van der Waals surface area (Å²) in [5.41, 5.74) is 0. The Labute approximate surface area is 451 Å². The summed E-state index contributed by atoms with van der Waals surface area (Å²) >= 11 is 0. The largest absolute Gasteiger partial charge is 0.394 e. The molecule has 9 heteroatoms. The molecule has 0 bridgehead atoms. The highest BCUT2D eigenvalue weighted by atomic mass is 16.4. The van der Waals surface area contributed by atoms with Crippen LogP contribution in [0, 0.1) is 0 Å². The van der Waals surface area contributed by atoms with Gasteiger partial charge >= 0.3 is 0 Å². The van der Waals surface area contributed by atoms with Gasteiger partial charge < -0.3 is 45.6 Å². The quantitative estimate of drug-likeness (QED) is 0.0217. The fourth-order valence-corrected chi connectivity index (χ4v) is 7.98. The minimum absolute atomic E-state index is 0.0258. The maximum atomic E-state index is 9.90. The van der Waals surface area contributed by atoms with Crippen LogP contribution >= 0.6 is 0 Å². The van der Waals surface area contributed by atoms with Gasteiger partial charge in [-0.15, -0.1) is 0 Å². The van der Waals surface area contributed by atoms with E-state index in [0.717, 1.165) is 0 Å². The van der Waals surface area contributed by atoms with Gasteiger partial charge in [0.25, 0.3) is 0 Å². The van der Waals surface area contributed by atoms with Crippen LogP contribution in [0.4, 0.5) is 0 Å². The van der Waals surface area contributed by atoms with Crippen molar-refractivity contribution in [2.45, 2.75) is 381 Å². The fourth-order valence-electron chi connectivity index (χ4n) is 7.98. The predicted molar refractivity (Wildman–Crippen MR) is 315 cm³/mol. The number of hydrogen-bond acceptors (Lipinski definition) is 9. The molecule has 442 valence electrons. The summed E-state index contributed by atoms with van der Waals surface area (Å²) in [6, 6.07) is 0. The SMILES string of the molecule is CCCCCCCCCCCC.CCCCCCCCCCCCC.CCCCCCCCCCCCCC.CCCCCCCCCCCCCCC.O=C[C@H](O)[C@@H](O)[C@H](O)[C@H](O)CO.OCC(O)CO. The summed E-state index contributed by atoms with van der Waals surface area (Å²) in [4.78, 5) is 9.90. The lowest BCUT2D eigenvalue weighted by molar-refractivity contribution is -0.136. The molecule has 72 heavy (non-hydrogen) atoms. The van der Waals surface area contributed by atoms with Crippen LogP contribution in [0.25, 0.3) is 0 Å². The molecular formula is C63H136O9. The van der Waals surface area contributed by atoms with Crippen molar-refractivity contribution in [3.63, 3.8) is 0 Å². The second-order valence-corrected chi connectivity index (χ2v) is 20.8. The fraction of sp³-hybridized carbons (Fsp3) is 0.984. The topological polar surface area (TPSA) is 179 Å². The third-order valence-electron chi connectivity index (χ3n) is 13.2. The number of carbonyl (C=O) groups excluding carboxylic acids is 1. The number of hydrogen-bond donors (Lipinski definition) is 8. The van der Waals surface area contributed by atoms with Crippen molar-refractivity contribution >= 4 is 6.29 Å². The zero-order valence-corrected chi connectivity index (χ0v) is 50.1. The van der Waals surface area contributed by atoms with E-state index >= 15 is 0 Å². The Morgan fingerprint density at radius 1 is 0.250 bits per heavy atom. The molecule has 0 radical (unpaired) electrons. The second-order valence-electron chi connectivity index (χ2n) is 20.8. The molecule has 8 N–H and O–H groups in total. The van der Waals surface area contributed by atoms with E-state index in [4.69, 9.17) is 40.9 Å². The van der Waals surface area contributed by atoms with E-state index in [9.17, 15) is 4.79 Å². The number of aldehydes is 1. The smallest absolute Gasteiger partial charge is 0.151 e. The van der Waals surface area contributed by atoms with Crippen LogP contribution in [0.15, 0.2) is 0 Å². The minimum atomic E-state index is -1.79. The lowest BCUT2D eigenvalue weighted by atomic mass is 10.0. The molecule has 0 aromatic rings. The summed E-state index contributed by atoms with van der Waals surface area (Å²) in [6.45, 7) is 16.8. The summed E-state index contributed by atoms with van der Waals surface area (Å²) in [5.74, 6) is 0. The molecule has 0 heterocycles. The second kappa shape index (κ2) is 81.7. The molecule has 0 spiro atoms. The van der Waals surface area contributed by atoms with Crippen molar-refractivity contribution < 1.29 is 45.6 Å². The zero-order chi connectivity index (χ0) is 55.2. The average molecular weight is 1040 g/mol. The van der Waals surface area contributed by atoms with E-state index in [2.05, 4.69) is 55.4 Å². The van der Waals surface area contributed by atoms with E-state index in [0.29, 0.717) is 0 Å². The normalized spacial score (nSPS) is 12.3. The average Bonchev–Trinajstić information content (AvgIpc) is 3.40. The molecular weight excluding hydrogens is 901 g/mol. The zero-order valence-electron chi connectivity index (χ0n) is 50.1. The molecule has 0 aliphatic carbocycles.